The van der Waals surface area contributed by atoms with E-state index < -0.39 is 0 Å². The first-order valence-electron chi connectivity index (χ1n) is 3.04. The SMILES string of the molecule is Cc1ccc(C#CS)cc1. The van der Waals surface area contributed by atoms with Crippen LogP contribution in [0.2, 0.25) is 0 Å². The maximum atomic E-state index is 3.80. The van der Waals surface area contributed by atoms with Gasteiger partial charge >= 0.3 is 0 Å². The van der Waals surface area contributed by atoms with Crippen LogP contribution in [0.4, 0.5) is 0 Å². The molecular formula is C9H8S. The Morgan fingerprint density at radius 1 is 1.20 bits per heavy atom. The van der Waals surface area contributed by atoms with Gasteiger partial charge in [-0.1, -0.05) is 36.2 Å². The van der Waals surface area contributed by atoms with Crippen molar-refractivity contribution in [2.24, 2.45) is 0 Å². The highest BCUT2D eigenvalue weighted by Gasteiger charge is 1.83. The molecule has 0 saturated heterocycles. The Labute approximate surface area is 66.7 Å². The summed E-state index contributed by atoms with van der Waals surface area (Å²) in [6.45, 7) is 2.05. The smallest absolute Gasteiger partial charge is 0.0254 e. The third-order valence-electron chi connectivity index (χ3n) is 1.25. The van der Waals surface area contributed by atoms with Gasteiger partial charge in [-0.2, -0.15) is 0 Å². The quantitative estimate of drug-likeness (QED) is 0.423. The van der Waals surface area contributed by atoms with Crippen molar-refractivity contribution in [3.63, 3.8) is 0 Å². The molecule has 0 atom stereocenters. The van der Waals surface area contributed by atoms with Crippen LogP contribution in [0.3, 0.4) is 0 Å². The van der Waals surface area contributed by atoms with E-state index in [1.165, 1.54) is 5.56 Å². The van der Waals surface area contributed by atoms with Gasteiger partial charge in [-0.3, -0.25) is 0 Å². The fraction of sp³-hybridized carbons (Fsp3) is 0.111. The van der Waals surface area contributed by atoms with Crippen LogP contribution in [0, 0.1) is 18.1 Å². The van der Waals surface area contributed by atoms with Gasteiger partial charge in [0.1, 0.15) is 0 Å². The van der Waals surface area contributed by atoms with Crippen molar-refractivity contribution in [1.29, 1.82) is 0 Å². The van der Waals surface area contributed by atoms with Crippen LogP contribution in [0.1, 0.15) is 11.1 Å². The second-order valence-corrected chi connectivity index (χ2v) is 2.33. The Morgan fingerprint density at radius 2 is 1.80 bits per heavy atom. The summed E-state index contributed by atoms with van der Waals surface area (Å²) in [5.41, 5.74) is 2.27. The van der Waals surface area contributed by atoms with Gasteiger partial charge in [0.05, 0.1) is 0 Å². The molecule has 0 spiro atoms. The number of hydrogen-bond acceptors (Lipinski definition) is 1. The predicted octanol–water partition coefficient (Wildman–Crippen LogP) is 2.23. The summed E-state index contributed by atoms with van der Waals surface area (Å²) >= 11 is 3.80. The van der Waals surface area contributed by atoms with E-state index in [2.05, 4.69) is 30.7 Å². The average Bonchev–Trinajstić information content (AvgIpc) is 1.95. The van der Waals surface area contributed by atoms with Crippen LogP contribution in [0.15, 0.2) is 24.3 Å². The lowest BCUT2D eigenvalue weighted by molar-refractivity contribution is 1.46. The zero-order chi connectivity index (χ0) is 7.40. The van der Waals surface area contributed by atoms with Gasteiger partial charge in [0.25, 0.3) is 0 Å². The summed E-state index contributed by atoms with van der Waals surface area (Å²) in [6.07, 6.45) is 0. The normalized spacial score (nSPS) is 8.20. The second kappa shape index (κ2) is 3.34. The number of hydrogen-bond donors (Lipinski definition) is 1. The molecule has 0 aliphatic carbocycles. The summed E-state index contributed by atoms with van der Waals surface area (Å²) in [4.78, 5) is 0. The fourth-order valence-electron chi connectivity index (χ4n) is 0.701. The average molecular weight is 148 g/mol. The van der Waals surface area contributed by atoms with Crippen molar-refractivity contribution in [2.45, 2.75) is 6.92 Å². The number of aryl methyl sites for hydroxylation is 1. The molecule has 10 heavy (non-hydrogen) atoms. The molecule has 1 aromatic carbocycles. The molecule has 0 aliphatic heterocycles. The molecule has 0 N–H and O–H groups in total. The molecule has 0 aliphatic rings. The van der Waals surface area contributed by atoms with Crippen LogP contribution in [-0.2, 0) is 0 Å². The number of benzene rings is 1. The Morgan fingerprint density at radius 3 is 2.30 bits per heavy atom. The van der Waals surface area contributed by atoms with Gasteiger partial charge in [0, 0.05) is 5.56 Å². The predicted molar refractivity (Wildman–Crippen MR) is 47.0 cm³/mol. The molecule has 1 heteroatoms. The highest BCUT2D eigenvalue weighted by Crippen LogP contribution is 2.00. The van der Waals surface area contributed by atoms with E-state index in [0.29, 0.717) is 0 Å². The van der Waals surface area contributed by atoms with Crippen LogP contribution in [0.5, 0.6) is 0 Å². The van der Waals surface area contributed by atoms with Crippen molar-refractivity contribution in [3.05, 3.63) is 35.4 Å². The molecule has 0 unspecified atom stereocenters. The summed E-state index contributed by atoms with van der Waals surface area (Å²) in [5, 5.41) is 2.55. The Hall–Kier alpha value is -0.870. The minimum absolute atomic E-state index is 1.01. The Balaban J connectivity index is 2.97. The van der Waals surface area contributed by atoms with E-state index in [4.69, 9.17) is 0 Å². The van der Waals surface area contributed by atoms with Crippen molar-refractivity contribution in [3.8, 4) is 11.2 Å². The minimum atomic E-state index is 1.01. The largest absolute Gasteiger partial charge is 0.0918 e. The summed E-state index contributed by atoms with van der Waals surface area (Å²) in [6, 6.07) is 8.04. The van der Waals surface area contributed by atoms with Crippen LogP contribution in [-0.4, -0.2) is 0 Å². The maximum absolute atomic E-state index is 3.80. The highest BCUT2D eigenvalue weighted by atomic mass is 32.1. The van der Waals surface area contributed by atoms with E-state index >= 15 is 0 Å². The van der Waals surface area contributed by atoms with Crippen molar-refractivity contribution >= 4 is 12.6 Å². The number of rotatable bonds is 0. The lowest BCUT2D eigenvalue weighted by Gasteiger charge is -1.89. The van der Waals surface area contributed by atoms with Gasteiger partial charge in [0.15, 0.2) is 0 Å². The minimum Gasteiger partial charge on any atom is -0.0918 e. The molecule has 50 valence electrons. The molecule has 0 bridgehead atoms. The van der Waals surface area contributed by atoms with Crippen LogP contribution >= 0.6 is 12.6 Å². The molecule has 0 aromatic heterocycles. The van der Waals surface area contributed by atoms with E-state index in [-0.39, 0.29) is 0 Å². The van der Waals surface area contributed by atoms with Gasteiger partial charge in [-0.05, 0) is 24.3 Å². The van der Waals surface area contributed by atoms with Gasteiger partial charge in [-0.15, -0.1) is 0 Å². The first-order chi connectivity index (χ1) is 4.83. The lowest BCUT2D eigenvalue weighted by atomic mass is 10.2. The molecule has 0 heterocycles. The van der Waals surface area contributed by atoms with E-state index in [1.54, 1.807) is 0 Å². The third kappa shape index (κ3) is 1.82. The molecule has 0 radical (unpaired) electrons. The summed E-state index contributed by atoms with van der Waals surface area (Å²) in [7, 11) is 0. The molecule has 1 aromatic rings. The summed E-state index contributed by atoms with van der Waals surface area (Å²) in [5.74, 6) is 2.85. The van der Waals surface area contributed by atoms with Crippen molar-refractivity contribution in [1.82, 2.24) is 0 Å². The van der Waals surface area contributed by atoms with Crippen molar-refractivity contribution in [2.75, 3.05) is 0 Å². The molecule has 0 amide bonds. The standard InChI is InChI=1S/C9H8S/c1-8-2-4-9(5-3-8)6-7-10/h2-5,10H,1H3. The first-order valence-corrected chi connectivity index (χ1v) is 3.49. The van der Waals surface area contributed by atoms with Gasteiger partial charge in [-0.25, -0.2) is 0 Å². The maximum Gasteiger partial charge on any atom is 0.0254 e. The molecule has 1 rings (SSSR count). The highest BCUT2D eigenvalue weighted by molar-refractivity contribution is 7.85. The van der Waals surface area contributed by atoms with E-state index in [0.717, 1.165) is 5.56 Å². The first kappa shape index (κ1) is 7.24. The van der Waals surface area contributed by atoms with E-state index in [1.807, 2.05) is 24.3 Å². The van der Waals surface area contributed by atoms with Crippen LogP contribution in [0.25, 0.3) is 0 Å². The Bertz CT molecular complexity index is 261. The molecule has 0 saturated carbocycles. The monoisotopic (exact) mass is 148 g/mol. The molecular weight excluding hydrogens is 140 g/mol. The van der Waals surface area contributed by atoms with E-state index in [9.17, 15) is 0 Å². The second-order valence-electron chi connectivity index (χ2n) is 2.10. The third-order valence-corrected chi connectivity index (χ3v) is 1.36. The number of thiol groups is 1. The van der Waals surface area contributed by atoms with Crippen molar-refractivity contribution < 1.29 is 0 Å². The van der Waals surface area contributed by atoms with Gasteiger partial charge < -0.3 is 0 Å². The van der Waals surface area contributed by atoms with Crippen LogP contribution < -0.4 is 0 Å². The topological polar surface area (TPSA) is 0 Å². The summed E-state index contributed by atoms with van der Waals surface area (Å²) < 4.78 is 0. The Kier molecular flexibility index (Phi) is 2.42. The molecule has 0 nitrogen and oxygen atoms in total. The fourth-order valence-corrected chi connectivity index (χ4v) is 0.831. The molecule has 0 fully saturated rings. The zero-order valence-electron chi connectivity index (χ0n) is 5.76. The zero-order valence-corrected chi connectivity index (χ0v) is 6.65. The lowest BCUT2D eigenvalue weighted by Crippen LogP contribution is -1.73. The van der Waals surface area contributed by atoms with Gasteiger partial charge in [0.2, 0.25) is 0 Å².